The first kappa shape index (κ1) is 8.98. The van der Waals surface area contributed by atoms with Crippen molar-refractivity contribution in [2.75, 3.05) is 12.4 Å². The highest BCUT2D eigenvalue weighted by atomic mass is 32.2. The van der Waals surface area contributed by atoms with E-state index in [1.165, 1.54) is 38.1 Å². The van der Waals surface area contributed by atoms with Gasteiger partial charge in [0.2, 0.25) is 0 Å². The van der Waals surface area contributed by atoms with Gasteiger partial charge in [0.1, 0.15) is 0 Å². The van der Waals surface area contributed by atoms with E-state index in [1.54, 1.807) is 0 Å². The van der Waals surface area contributed by atoms with E-state index in [-0.39, 0.29) is 0 Å². The summed E-state index contributed by atoms with van der Waals surface area (Å²) >= 11 is 1.89. The molecule has 1 aliphatic heterocycles. The van der Waals surface area contributed by atoms with Crippen molar-refractivity contribution in [3.8, 4) is 0 Å². The molecular formula is C9H17NS. The second kappa shape index (κ2) is 5.53. The third-order valence-corrected chi connectivity index (χ3v) is 2.70. The van der Waals surface area contributed by atoms with Crippen molar-refractivity contribution < 1.29 is 0 Å². The van der Waals surface area contributed by atoms with Crippen LogP contribution in [0.4, 0.5) is 0 Å². The maximum absolute atomic E-state index is 2.39. The molecule has 11 heavy (non-hydrogen) atoms. The van der Waals surface area contributed by atoms with Crippen LogP contribution in [0.5, 0.6) is 0 Å². The average Bonchev–Trinajstić information content (AvgIpc) is 2.50. The maximum Gasteiger partial charge on any atom is 0.0675 e. The zero-order chi connectivity index (χ0) is 7.94. The minimum Gasteiger partial charge on any atom is -0.367 e. The first-order chi connectivity index (χ1) is 5.43. The highest BCUT2D eigenvalue weighted by molar-refractivity contribution is 8.02. The fourth-order valence-electron chi connectivity index (χ4n) is 1.19. The Bertz CT molecular complexity index is 123. The number of nitrogens with zero attached hydrogens (tertiary/aromatic N) is 1. The smallest absolute Gasteiger partial charge is 0.0675 e. The van der Waals surface area contributed by atoms with Gasteiger partial charge in [0.05, 0.1) is 5.88 Å². The van der Waals surface area contributed by atoms with Gasteiger partial charge in [-0.1, -0.05) is 26.2 Å². The summed E-state index contributed by atoms with van der Waals surface area (Å²) in [6, 6.07) is 0. The molecule has 0 atom stereocenters. The fourth-order valence-corrected chi connectivity index (χ4v) is 1.94. The van der Waals surface area contributed by atoms with Crippen LogP contribution in [0.2, 0.25) is 0 Å². The van der Waals surface area contributed by atoms with Gasteiger partial charge in [0, 0.05) is 12.7 Å². The van der Waals surface area contributed by atoms with E-state index in [1.807, 2.05) is 11.8 Å². The molecule has 0 aliphatic carbocycles. The van der Waals surface area contributed by atoms with Crippen LogP contribution in [0.25, 0.3) is 0 Å². The molecule has 0 saturated carbocycles. The molecular weight excluding hydrogens is 154 g/mol. The molecule has 1 aliphatic rings. The zero-order valence-corrected chi connectivity index (χ0v) is 8.07. The lowest BCUT2D eigenvalue weighted by atomic mass is 10.2. The normalized spacial score (nSPS) is 16.3. The van der Waals surface area contributed by atoms with Gasteiger partial charge in [-0.05, 0) is 11.8 Å². The Hall–Kier alpha value is -0.110. The SMILES string of the molecule is CCCCCCN1C=CSC1. The summed E-state index contributed by atoms with van der Waals surface area (Å²) in [6.07, 6.45) is 7.69. The summed E-state index contributed by atoms with van der Waals surface area (Å²) in [5.41, 5.74) is 0. The standard InChI is InChI=1S/C9H17NS/c1-2-3-4-5-6-10-7-8-11-9-10/h7-8H,2-6,9H2,1H3. The summed E-state index contributed by atoms with van der Waals surface area (Å²) in [6.45, 7) is 3.51. The lowest BCUT2D eigenvalue weighted by Crippen LogP contribution is -2.14. The van der Waals surface area contributed by atoms with Crippen molar-refractivity contribution in [3.05, 3.63) is 11.6 Å². The van der Waals surface area contributed by atoms with Gasteiger partial charge in [-0.2, -0.15) is 0 Å². The largest absolute Gasteiger partial charge is 0.367 e. The van der Waals surface area contributed by atoms with Crippen LogP contribution in [0.1, 0.15) is 32.6 Å². The monoisotopic (exact) mass is 171 g/mol. The molecule has 64 valence electrons. The minimum absolute atomic E-state index is 1.17. The van der Waals surface area contributed by atoms with E-state index >= 15 is 0 Å². The second-order valence-corrected chi connectivity index (χ2v) is 3.82. The van der Waals surface area contributed by atoms with E-state index in [9.17, 15) is 0 Å². The second-order valence-electron chi connectivity index (χ2n) is 2.95. The molecule has 0 unspecified atom stereocenters. The molecule has 0 N–H and O–H groups in total. The van der Waals surface area contributed by atoms with Crippen molar-refractivity contribution in [2.45, 2.75) is 32.6 Å². The molecule has 0 saturated heterocycles. The highest BCUT2D eigenvalue weighted by Gasteiger charge is 2.02. The summed E-state index contributed by atoms with van der Waals surface area (Å²) in [5.74, 6) is 1.17. The molecule has 1 rings (SSSR count). The summed E-state index contributed by atoms with van der Waals surface area (Å²) < 4.78 is 0. The van der Waals surface area contributed by atoms with Crippen LogP contribution in [0, 0.1) is 0 Å². The Morgan fingerprint density at radius 2 is 2.27 bits per heavy atom. The van der Waals surface area contributed by atoms with Gasteiger partial charge in [-0.15, -0.1) is 11.8 Å². The zero-order valence-electron chi connectivity index (χ0n) is 7.25. The molecule has 0 spiro atoms. The van der Waals surface area contributed by atoms with Crippen molar-refractivity contribution in [1.29, 1.82) is 0 Å². The molecule has 0 radical (unpaired) electrons. The lowest BCUT2D eigenvalue weighted by Gasteiger charge is -2.13. The van der Waals surface area contributed by atoms with Gasteiger partial charge in [-0.3, -0.25) is 0 Å². The molecule has 0 aromatic rings. The van der Waals surface area contributed by atoms with Crippen molar-refractivity contribution in [3.63, 3.8) is 0 Å². The third kappa shape index (κ3) is 3.71. The van der Waals surface area contributed by atoms with E-state index in [0.717, 1.165) is 0 Å². The molecule has 1 heterocycles. The number of hydrogen-bond acceptors (Lipinski definition) is 2. The predicted molar refractivity (Wildman–Crippen MR) is 52.4 cm³/mol. The van der Waals surface area contributed by atoms with E-state index in [2.05, 4.69) is 23.4 Å². The number of hydrogen-bond donors (Lipinski definition) is 0. The fraction of sp³-hybridized carbons (Fsp3) is 0.778. The third-order valence-electron chi connectivity index (χ3n) is 1.91. The summed E-state index contributed by atoms with van der Waals surface area (Å²) in [4.78, 5) is 2.39. The van der Waals surface area contributed by atoms with Gasteiger partial charge in [-0.25, -0.2) is 0 Å². The maximum atomic E-state index is 2.39. The van der Waals surface area contributed by atoms with Crippen LogP contribution < -0.4 is 0 Å². The average molecular weight is 171 g/mol. The lowest BCUT2D eigenvalue weighted by molar-refractivity contribution is 0.424. The van der Waals surface area contributed by atoms with Crippen molar-refractivity contribution >= 4 is 11.8 Å². The molecule has 1 nitrogen and oxygen atoms in total. The van der Waals surface area contributed by atoms with E-state index in [0.29, 0.717) is 0 Å². The van der Waals surface area contributed by atoms with Crippen LogP contribution >= 0.6 is 11.8 Å². The summed E-state index contributed by atoms with van der Waals surface area (Å²) in [5, 5.41) is 2.18. The van der Waals surface area contributed by atoms with E-state index in [4.69, 9.17) is 0 Å². The van der Waals surface area contributed by atoms with Gasteiger partial charge in [0.15, 0.2) is 0 Å². The Morgan fingerprint density at radius 1 is 1.36 bits per heavy atom. The Balaban J connectivity index is 1.90. The topological polar surface area (TPSA) is 3.24 Å². The van der Waals surface area contributed by atoms with Crippen LogP contribution in [0.3, 0.4) is 0 Å². The molecule has 0 aromatic carbocycles. The van der Waals surface area contributed by atoms with Crippen LogP contribution in [0.15, 0.2) is 11.6 Å². The van der Waals surface area contributed by atoms with Crippen LogP contribution in [-0.4, -0.2) is 17.3 Å². The first-order valence-corrected chi connectivity index (χ1v) is 5.50. The predicted octanol–water partition coefficient (Wildman–Crippen LogP) is 3.04. The Kier molecular flexibility index (Phi) is 4.51. The first-order valence-electron chi connectivity index (χ1n) is 4.46. The number of rotatable bonds is 5. The molecule has 0 amide bonds. The van der Waals surface area contributed by atoms with Gasteiger partial charge in [0.25, 0.3) is 0 Å². The van der Waals surface area contributed by atoms with Gasteiger partial charge >= 0.3 is 0 Å². The molecule has 0 bridgehead atoms. The van der Waals surface area contributed by atoms with Crippen molar-refractivity contribution in [1.82, 2.24) is 4.90 Å². The Labute approximate surface area is 73.8 Å². The minimum atomic E-state index is 1.17. The number of thioether (sulfide) groups is 1. The van der Waals surface area contributed by atoms with Crippen molar-refractivity contribution in [2.24, 2.45) is 0 Å². The van der Waals surface area contributed by atoms with Gasteiger partial charge < -0.3 is 4.90 Å². The Morgan fingerprint density at radius 3 is 2.91 bits per heavy atom. The van der Waals surface area contributed by atoms with Crippen LogP contribution in [-0.2, 0) is 0 Å². The highest BCUT2D eigenvalue weighted by Crippen LogP contribution is 2.15. The molecule has 2 heteroatoms. The quantitative estimate of drug-likeness (QED) is 0.585. The molecule has 0 aromatic heterocycles. The summed E-state index contributed by atoms with van der Waals surface area (Å²) in [7, 11) is 0. The number of unbranched alkanes of at least 4 members (excludes halogenated alkanes) is 3. The molecule has 0 fully saturated rings. The van der Waals surface area contributed by atoms with E-state index < -0.39 is 0 Å².